The summed E-state index contributed by atoms with van der Waals surface area (Å²) in [4.78, 5) is 0. The molecule has 0 atom stereocenters. The molecule has 0 saturated carbocycles. The molecule has 0 N–H and O–H groups in total. The molecule has 12 heavy (non-hydrogen) atoms. The van der Waals surface area contributed by atoms with E-state index in [4.69, 9.17) is 0 Å². The number of rotatable bonds is 0. The van der Waals surface area contributed by atoms with Crippen LogP contribution in [0.15, 0.2) is 30.3 Å². The van der Waals surface area contributed by atoms with Gasteiger partial charge >= 0.3 is 23.1 Å². The van der Waals surface area contributed by atoms with Crippen LogP contribution in [0.1, 0.15) is 0 Å². The minimum absolute atomic E-state index is 0. The summed E-state index contributed by atoms with van der Waals surface area (Å²) in [6, 6.07) is 12.5. The van der Waals surface area contributed by atoms with Crippen LogP contribution >= 0.6 is 17.0 Å². The van der Waals surface area contributed by atoms with Crippen molar-refractivity contribution in [3.63, 3.8) is 0 Å². The van der Waals surface area contributed by atoms with E-state index in [2.05, 4.69) is 25.7 Å². The van der Waals surface area contributed by atoms with Gasteiger partial charge in [-0.1, -0.05) is 0 Å². The average molecular weight is 256 g/mol. The third-order valence-corrected chi connectivity index (χ3v) is 0.607. The summed E-state index contributed by atoms with van der Waals surface area (Å²) in [5, 5.41) is 0. The van der Waals surface area contributed by atoms with Gasteiger partial charge in [-0.25, -0.2) is 0 Å². The van der Waals surface area contributed by atoms with E-state index in [0.717, 1.165) is 0 Å². The number of hydrogen-bond acceptors (Lipinski definition) is 0. The molecule has 0 fully saturated rings. The molecule has 0 aromatic heterocycles. The molecule has 0 radical (unpaired) electrons. The molecule has 0 unspecified atom stereocenters. The van der Waals surface area contributed by atoms with Crippen LogP contribution in [0.25, 0.3) is 0 Å². The van der Waals surface area contributed by atoms with E-state index in [0.29, 0.717) is 0 Å². The van der Waals surface area contributed by atoms with Gasteiger partial charge in [0.05, 0.1) is 0 Å². The first kappa shape index (κ1) is 18.5. The van der Waals surface area contributed by atoms with Gasteiger partial charge in [0.1, 0.15) is 0 Å². The summed E-state index contributed by atoms with van der Waals surface area (Å²) in [5.74, 6) is 0. The summed E-state index contributed by atoms with van der Waals surface area (Å²) >= 11 is 0. The van der Waals surface area contributed by atoms with Crippen molar-refractivity contribution in [2.45, 2.75) is 19.6 Å². The van der Waals surface area contributed by atoms with Gasteiger partial charge in [-0.15, -0.1) is 17.0 Å². The molecule has 0 aliphatic carbocycles. The van der Waals surface area contributed by atoms with E-state index in [1.807, 2.05) is 30.3 Å². The maximum Gasteiger partial charge on any atom is 2.00 e. The van der Waals surface area contributed by atoms with Crippen LogP contribution in [-0.2, 0) is 0 Å². The van der Waals surface area contributed by atoms with Crippen molar-refractivity contribution >= 4 is 48.8 Å². The smallest absolute Gasteiger partial charge is 0.271 e. The molecule has 1 aromatic carbocycles. The van der Waals surface area contributed by atoms with Crippen molar-refractivity contribution < 1.29 is 0 Å². The van der Waals surface area contributed by atoms with Gasteiger partial charge in [0, 0.05) is 0 Å². The molecule has 3 heteroatoms. The number of halogens is 1. The van der Waals surface area contributed by atoms with Gasteiger partial charge in [-0.05, 0) is 0 Å². The topological polar surface area (TPSA) is 0 Å². The van der Waals surface area contributed by atoms with Crippen LogP contribution in [0, 0.1) is 6.07 Å². The van der Waals surface area contributed by atoms with E-state index in [-0.39, 0.29) is 48.8 Å². The van der Waals surface area contributed by atoms with E-state index < -0.39 is 0 Å². The van der Waals surface area contributed by atoms with E-state index >= 15 is 0 Å². The maximum atomic E-state index is 2.89. The normalized spacial score (nSPS) is 7.00. The van der Waals surface area contributed by atoms with E-state index in [1.165, 1.54) is 0 Å². The van der Waals surface area contributed by atoms with Gasteiger partial charge in [-0.3, -0.25) is 8.80 Å². The Morgan fingerprint density at radius 2 is 1.25 bits per heavy atom. The molecular formula is C9H15BrMgSi. The predicted molar refractivity (Wildman–Crippen MR) is 64.7 cm³/mol. The SMILES string of the molecule is Br.C[Si-](C)C.[Mg+2].[c-]1ccccc1. The van der Waals surface area contributed by atoms with Crippen LogP contribution < -0.4 is 0 Å². The Balaban J connectivity index is -0.000000124. The summed E-state index contributed by atoms with van der Waals surface area (Å²) in [6.45, 7) is 6.81. The second kappa shape index (κ2) is 14.2. The fourth-order valence-electron chi connectivity index (χ4n) is 0.342. The molecule has 0 amide bonds. The van der Waals surface area contributed by atoms with Gasteiger partial charge in [0.25, 0.3) is 0 Å². The van der Waals surface area contributed by atoms with Gasteiger partial charge in [0.15, 0.2) is 0 Å². The molecule has 1 aromatic rings. The number of benzene rings is 1. The fourth-order valence-corrected chi connectivity index (χ4v) is 0.342. The monoisotopic (exact) mass is 254 g/mol. The summed E-state index contributed by atoms with van der Waals surface area (Å²) < 4.78 is 0. The van der Waals surface area contributed by atoms with Gasteiger partial charge in [0.2, 0.25) is 0 Å². The zero-order valence-electron chi connectivity index (χ0n) is 8.00. The third-order valence-electron chi connectivity index (χ3n) is 0.607. The summed E-state index contributed by atoms with van der Waals surface area (Å²) in [7, 11) is 0.120. The molecule has 0 bridgehead atoms. The van der Waals surface area contributed by atoms with Crippen LogP contribution in [0.2, 0.25) is 19.6 Å². The Bertz CT molecular complexity index is 115. The minimum atomic E-state index is 0. The maximum absolute atomic E-state index is 2.89. The van der Waals surface area contributed by atoms with Crippen LogP contribution in [0.5, 0.6) is 0 Å². The molecule has 0 saturated heterocycles. The van der Waals surface area contributed by atoms with Gasteiger partial charge in [-0.2, -0.15) is 56.0 Å². The zero-order chi connectivity index (χ0) is 7.82. The molecule has 0 heterocycles. The minimum Gasteiger partial charge on any atom is -0.271 e. The van der Waals surface area contributed by atoms with Gasteiger partial charge < -0.3 is 0 Å². The number of hydrogen-bond donors (Lipinski definition) is 0. The van der Waals surface area contributed by atoms with Crippen molar-refractivity contribution in [1.82, 2.24) is 0 Å². The molecule has 1 rings (SSSR count). The molecule has 0 aliphatic heterocycles. The Labute approximate surface area is 104 Å². The largest absolute Gasteiger partial charge is 2.00 e. The fraction of sp³-hybridized carbons (Fsp3) is 0.333. The van der Waals surface area contributed by atoms with Crippen molar-refractivity contribution in [3.8, 4) is 0 Å². The van der Waals surface area contributed by atoms with Crippen LogP contribution in [0.4, 0.5) is 0 Å². The first-order valence-corrected chi connectivity index (χ1v) is 6.41. The molecular weight excluding hydrogens is 240 g/mol. The first-order valence-electron chi connectivity index (χ1n) is 3.41. The quantitative estimate of drug-likeness (QED) is 0.494. The Morgan fingerprint density at radius 3 is 1.33 bits per heavy atom. The van der Waals surface area contributed by atoms with Crippen LogP contribution in [-0.4, -0.2) is 31.8 Å². The second-order valence-corrected chi connectivity index (χ2v) is 5.58. The first-order chi connectivity index (χ1) is 4.73. The molecule has 0 aliphatic rings. The Morgan fingerprint density at radius 1 is 0.917 bits per heavy atom. The molecule has 0 spiro atoms. The van der Waals surface area contributed by atoms with E-state index in [1.54, 1.807) is 0 Å². The Hall–Kier alpha value is 0.683. The standard InChI is InChI=1S/C6H5.C3H9Si.BrH.Mg/c1-2-4-6-5-3-1;1-4(2)3;;/h1-5H;1-3H3;1H;/q2*-1;;+2. The summed E-state index contributed by atoms with van der Waals surface area (Å²) in [5.41, 5.74) is 0. The Kier molecular flexibility index (Phi) is 21.9. The molecule has 0 nitrogen and oxygen atoms in total. The summed E-state index contributed by atoms with van der Waals surface area (Å²) in [6.07, 6.45) is 0. The van der Waals surface area contributed by atoms with Crippen molar-refractivity contribution in [3.05, 3.63) is 36.4 Å². The predicted octanol–water partition coefficient (Wildman–Crippen LogP) is 3.05. The zero-order valence-corrected chi connectivity index (χ0v) is 12.1. The van der Waals surface area contributed by atoms with Crippen molar-refractivity contribution in [1.29, 1.82) is 0 Å². The second-order valence-electron chi connectivity index (χ2n) is 2.58. The van der Waals surface area contributed by atoms with E-state index in [9.17, 15) is 0 Å². The average Bonchev–Trinajstić information content (AvgIpc) is 1.90. The van der Waals surface area contributed by atoms with Crippen molar-refractivity contribution in [2.75, 3.05) is 0 Å². The third kappa shape index (κ3) is 22.4. The van der Waals surface area contributed by atoms with Crippen molar-refractivity contribution in [2.24, 2.45) is 0 Å². The molecule has 64 valence electrons. The van der Waals surface area contributed by atoms with Crippen LogP contribution in [0.3, 0.4) is 0 Å².